The molecule has 11 rings (SSSR count). The number of hydrogen-bond donors (Lipinski definition) is 0. The lowest BCUT2D eigenvalue weighted by Crippen LogP contribution is -2.12. The van der Waals surface area contributed by atoms with E-state index < -0.39 is 0 Å². The van der Waals surface area contributed by atoms with Crippen LogP contribution in [0.4, 0.5) is 17.1 Å². The molecule has 1 aliphatic heterocycles. The molecule has 0 N–H and O–H groups in total. The van der Waals surface area contributed by atoms with Crippen LogP contribution in [-0.4, -0.2) is 6.10 Å². The van der Waals surface area contributed by atoms with Crippen LogP contribution in [0.2, 0.25) is 0 Å². The molecule has 1 atom stereocenters. The number of para-hydroxylation sites is 2. The first-order valence-electron chi connectivity index (χ1n) is 19.4. The number of ether oxygens (including phenoxy) is 1. The molecule has 0 bridgehead atoms. The predicted octanol–water partition coefficient (Wildman–Crippen LogP) is 14.7. The highest BCUT2D eigenvalue weighted by atomic mass is 16.5. The van der Waals surface area contributed by atoms with Crippen molar-refractivity contribution in [3.63, 3.8) is 0 Å². The Balaban J connectivity index is 0.991. The lowest BCUT2D eigenvalue weighted by atomic mass is 9.94. The van der Waals surface area contributed by atoms with Crippen molar-refractivity contribution in [2.45, 2.75) is 12.5 Å². The van der Waals surface area contributed by atoms with E-state index in [1.165, 1.54) is 65.7 Å². The molecule has 9 aromatic rings. The molecule has 264 valence electrons. The third kappa shape index (κ3) is 5.41. The standard InChI is InChI=1S/C54H37NO/c1-2-11-37(12-3-1)45-14-6-8-19-51(45)55(44-32-27-39(28-33-44)48-17-10-18-50-49-16-7-9-20-52(49)56-54(48)50)43-30-25-36(26-31-43)41-29-34-47-42(35-41)24-23-40-22-21-38-13-4-5-15-46(38)53(40)47/h1-19,21-35,52H,20H2. The van der Waals surface area contributed by atoms with Crippen LogP contribution in [0, 0.1) is 0 Å². The summed E-state index contributed by atoms with van der Waals surface area (Å²) in [6.45, 7) is 0. The van der Waals surface area contributed by atoms with Crippen molar-refractivity contribution in [2.24, 2.45) is 0 Å². The van der Waals surface area contributed by atoms with Gasteiger partial charge in [0.1, 0.15) is 11.9 Å². The van der Waals surface area contributed by atoms with Crippen LogP contribution in [0.5, 0.6) is 5.75 Å². The summed E-state index contributed by atoms with van der Waals surface area (Å²) in [4.78, 5) is 2.38. The van der Waals surface area contributed by atoms with E-state index >= 15 is 0 Å². The molecule has 2 aliphatic rings. The van der Waals surface area contributed by atoms with Crippen molar-refractivity contribution in [3.05, 3.63) is 212 Å². The second kappa shape index (κ2) is 13.3. The molecule has 1 aliphatic carbocycles. The maximum absolute atomic E-state index is 6.55. The average Bonchev–Trinajstić information content (AvgIpc) is 3.66. The summed E-state index contributed by atoms with van der Waals surface area (Å²) in [5.41, 5.74) is 12.8. The fourth-order valence-corrected chi connectivity index (χ4v) is 8.81. The minimum Gasteiger partial charge on any atom is -0.484 e. The number of allylic oxidation sites excluding steroid dienone is 2. The third-order valence-electron chi connectivity index (χ3n) is 11.5. The summed E-state index contributed by atoms with van der Waals surface area (Å²) in [7, 11) is 0. The van der Waals surface area contributed by atoms with E-state index in [1.54, 1.807) is 0 Å². The van der Waals surface area contributed by atoms with Crippen LogP contribution in [0.3, 0.4) is 0 Å². The molecule has 9 aromatic carbocycles. The summed E-state index contributed by atoms with van der Waals surface area (Å²) in [6.07, 6.45) is 7.53. The fraction of sp³-hybridized carbons (Fsp3) is 0.0370. The third-order valence-corrected chi connectivity index (χ3v) is 11.5. The van der Waals surface area contributed by atoms with Gasteiger partial charge in [-0.2, -0.15) is 0 Å². The molecule has 0 saturated heterocycles. The SMILES string of the molecule is C1=CCC2Oc3c(cccc3-c3ccc(N(c4ccc(-c5ccc6c(ccc7ccc8ccccc8c76)c5)cc4)c4ccccc4-c4ccccc4)cc3)C2=C1. The Bertz CT molecular complexity index is 3010. The maximum Gasteiger partial charge on any atom is 0.135 e. The highest BCUT2D eigenvalue weighted by molar-refractivity contribution is 6.20. The highest BCUT2D eigenvalue weighted by Crippen LogP contribution is 2.47. The van der Waals surface area contributed by atoms with Gasteiger partial charge in [0, 0.05) is 40.1 Å². The summed E-state index contributed by atoms with van der Waals surface area (Å²) < 4.78 is 6.55. The first-order valence-corrected chi connectivity index (χ1v) is 19.4. The minimum atomic E-state index is 0.0956. The van der Waals surface area contributed by atoms with Gasteiger partial charge in [-0.3, -0.25) is 0 Å². The van der Waals surface area contributed by atoms with Crippen molar-refractivity contribution >= 4 is 55.0 Å². The van der Waals surface area contributed by atoms with Crippen LogP contribution in [0.1, 0.15) is 12.0 Å². The Hall–Kier alpha value is -7.16. The molecular formula is C54H37NO. The normalized spacial score (nSPS) is 14.4. The molecule has 0 fully saturated rings. The topological polar surface area (TPSA) is 12.5 Å². The van der Waals surface area contributed by atoms with Crippen LogP contribution >= 0.6 is 0 Å². The Morgan fingerprint density at radius 2 is 1.07 bits per heavy atom. The van der Waals surface area contributed by atoms with Crippen LogP contribution in [0.25, 0.3) is 71.3 Å². The maximum atomic E-state index is 6.55. The highest BCUT2D eigenvalue weighted by Gasteiger charge is 2.31. The lowest BCUT2D eigenvalue weighted by molar-refractivity contribution is 0.280. The molecule has 0 radical (unpaired) electrons. The van der Waals surface area contributed by atoms with Gasteiger partial charge in [-0.25, -0.2) is 0 Å². The van der Waals surface area contributed by atoms with Gasteiger partial charge in [-0.1, -0.05) is 170 Å². The van der Waals surface area contributed by atoms with Crippen LogP contribution in [-0.2, 0) is 0 Å². The van der Waals surface area contributed by atoms with Gasteiger partial charge in [-0.15, -0.1) is 0 Å². The molecular weight excluding hydrogens is 679 g/mol. The van der Waals surface area contributed by atoms with E-state index in [9.17, 15) is 0 Å². The van der Waals surface area contributed by atoms with Crippen molar-refractivity contribution in [2.75, 3.05) is 4.90 Å². The smallest absolute Gasteiger partial charge is 0.135 e. The minimum absolute atomic E-state index is 0.0956. The Morgan fingerprint density at radius 1 is 0.446 bits per heavy atom. The molecule has 0 aromatic heterocycles. The lowest BCUT2D eigenvalue weighted by Gasteiger charge is -2.28. The van der Waals surface area contributed by atoms with Gasteiger partial charge in [0.05, 0.1) is 5.69 Å². The monoisotopic (exact) mass is 715 g/mol. The molecule has 0 spiro atoms. The number of hydrogen-bond acceptors (Lipinski definition) is 2. The quantitative estimate of drug-likeness (QED) is 0.159. The van der Waals surface area contributed by atoms with Crippen molar-refractivity contribution in [3.8, 4) is 39.1 Å². The summed E-state index contributed by atoms with van der Waals surface area (Å²) in [5, 5.41) is 7.68. The molecule has 0 amide bonds. The zero-order valence-electron chi connectivity index (χ0n) is 30.8. The number of benzene rings is 9. The van der Waals surface area contributed by atoms with Gasteiger partial charge in [0.25, 0.3) is 0 Å². The first-order chi connectivity index (χ1) is 27.8. The van der Waals surface area contributed by atoms with E-state index in [0.29, 0.717) is 0 Å². The second-order valence-corrected chi connectivity index (χ2v) is 14.8. The van der Waals surface area contributed by atoms with Gasteiger partial charge in [0.15, 0.2) is 0 Å². The van der Waals surface area contributed by atoms with E-state index in [1.807, 2.05) is 0 Å². The number of nitrogens with zero attached hydrogens (tertiary/aromatic N) is 1. The Morgan fingerprint density at radius 3 is 1.91 bits per heavy atom. The average molecular weight is 716 g/mol. The van der Waals surface area contributed by atoms with Crippen molar-refractivity contribution < 1.29 is 4.74 Å². The van der Waals surface area contributed by atoms with E-state index in [-0.39, 0.29) is 6.10 Å². The zero-order valence-corrected chi connectivity index (χ0v) is 30.8. The van der Waals surface area contributed by atoms with E-state index in [0.717, 1.165) is 40.4 Å². The van der Waals surface area contributed by atoms with Gasteiger partial charge in [-0.05, 0) is 91.0 Å². The predicted molar refractivity (Wildman–Crippen MR) is 236 cm³/mol. The zero-order chi connectivity index (χ0) is 37.0. The first kappa shape index (κ1) is 32.3. The Kier molecular flexibility index (Phi) is 7.67. The Labute approximate surface area is 326 Å². The van der Waals surface area contributed by atoms with Crippen molar-refractivity contribution in [1.29, 1.82) is 0 Å². The van der Waals surface area contributed by atoms with Gasteiger partial charge < -0.3 is 9.64 Å². The second-order valence-electron chi connectivity index (χ2n) is 14.8. The van der Waals surface area contributed by atoms with Gasteiger partial charge >= 0.3 is 0 Å². The van der Waals surface area contributed by atoms with Crippen LogP contribution < -0.4 is 9.64 Å². The number of fused-ring (bicyclic) bond motifs is 8. The van der Waals surface area contributed by atoms with Gasteiger partial charge in [0.2, 0.25) is 0 Å². The number of anilines is 3. The summed E-state index contributed by atoms with van der Waals surface area (Å²) in [5.74, 6) is 0.984. The number of rotatable bonds is 6. The molecule has 1 unspecified atom stereocenters. The van der Waals surface area contributed by atoms with Crippen LogP contribution in [0.15, 0.2) is 206 Å². The van der Waals surface area contributed by atoms with E-state index in [2.05, 4.69) is 211 Å². The molecule has 56 heavy (non-hydrogen) atoms. The molecule has 2 heteroatoms. The largest absolute Gasteiger partial charge is 0.484 e. The van der Waals surface area contributed by atoms with E-state index in [4.69, 9.17) is 4.74 Å². The fourth-order valence-electron chi connectivity index (χ4n) is 8.81. The molecule has 2 nitrogen and oxygen atoms in total. The molecule has 1 heterocycles. The summed E-state index contributed by atoms with van der Waals surface area (Å²) in [6, 6.07) is 68.4. The summed E-state index contributed by atoms with van der Waals surface area (Å²) >= 11 is 0. The molecule has 0 saturated carbocycles. The van der Waals surface area contributed by atoms with Crippen molar-refractivity contribution in [1.82, 2.24) is 0 Å².